The Morgan fingerprint density at radius 3 is 2.81 bits per heavy atom. The molecule has 27 heavy (non-hydrogen) atoms. The fourth-order valence-corrected chi connectivity index (χ4v) is 2.95. The Hall–Kier alpha value is -3.32. The Bertz CT molecular complexity index is 1120. The van der Waals surface area contributed by atoms with E-state index in [0.29, 0.717) is 18.0 Å². The van der Waals surface area contributed by atoms with Crippen LogP contribution in [0.3, 0.4) is 0 Å². The van der Waals surface area contributed by atoms with Gasteiger partial charge in [0.15, 0.2) is 11.5 Å². The van der Waals surface area contributed by atoms with Gasteiger partial charge in [0, 0.05) is 30.7 Å². The molecule has 0 fully saturated rings. The lowest BCUT2D eigenvalue weighted by molar-refractivity contribution is 0.883. The highest BCUT2D eigenvalue weighted by molar-refractivity contribution is 6.28. The summed E-state index contributed by atoms with van der Waals surface area (Å²) in [6, 6.07) is 7.77. The van der Waals surface area contributed by atoms with Gasteiger partial charge in [-0.15, -0.1) is 5.10 Å². The number of fused-ring (bicyclic) bond motifs is 1. The first-order valence-corrected chi connectivity index (χ1v) is 8.66. The van der Waals surface area contributed by atoms with Crippen LogP contribution in [0.2, 0.25) is 5.28 Å². The van der Waals surface area contributed by atoms with Gasteiger partial charge in [-0.2, -0.15) is 4.98 Å². The molecule has 0 aromatic carbocycles. The van der Waals surface area contributed by atoms with Crippen LogP contribution in [0, 0.1) is 0 Å². The molecule has 0 aliphatic rings. The molecule has 0 bridgehead atoms. The van der Waals surface area contributed by atoms with Crippen molar-refractivity contribution in [1.82, 2.24) is 29.5 Å². The van der Waals surface area contributed by atoms with Gasteiger partial charge < -0.3 is 5.32 Å². The second-order valence-electron chi connectivity index (χ2n) is 6.00. The first kappa shape index (κ1) is 17.1. The third-order valence-electron chi connectivity index (χ3n) is 4.05. The molecule has 1 N–H and O–H groups in total. The first-order valence-electron chi connectivity index (χ1n) is 8.29. The topological polar surface area (TPSA) is 80.9 Å². The van der Waals surface area contributed by atoms with Crippen LogP contribution in [0.15, 0.2) is 55.6 Å². The van der Waals surface area contributed by atoms with E-state index in [1.165, 1.54) is 0 Å². The van der Waals surface area contributed by atoms with E-state index >= 15 is 0 Å². The summed E-state index contributed by atoms with van der Waals surface area (Å²) >= 11 is 6.11. The van der Waals surface area contributed by atoms with E-state index in [9.17, 15) is 0 Å². The van der Waals surface area contributed by atoms with Crippen LogP contribution in [0.25, 0.3) is 22.5 Å². The Morgan fingerprint density at radius 2 is 2.04 bits per heavy atom. The summed E-state index contributed by atoms with van der Waals surface area (Å²) in [5.41, 5.74) is 5.03. The predicted molar refractivity (Wildman–Crippen MR) is 105 cm³/mol. The summed E-state index contributed by atoms with van der Waals surface area (Å²) in [6.07, 6.45) is 7.00. The number of nitrogens with one attached hydrogen (secondary N) is 1. The predicted octanol–water partition coefficient (Wildman–Crippen LogP) is 3.88. The molecule has 0 aliphatic heterocycles. The molecule has 4 rings (SSSR count). The van der Waals surface area contributed by atoms with E-state index in [1.54, 1.807) is 29.3 Å². The van der Waals surface area contributed by atoms with Crippen molar-refractivity contribution in [2.75, 3.05) is 5.32 Å². The molecule has 0 aliphatic carbocycles. The quantitative estimate of drug-likeness (QED) is 0.568. The molecule has 0 amide bonds. The molecule has 8 heteroatoms. The monoisotopic (exact) mass is 377 g/mol. The van der Waals surface area contributed by atoms with Crippen molar-refractivity contribution in [3.05, 3.63) is 72.2 Å². The van der Waals surface area contributed by atoms with Gasteiger partial charge in [0.1, 0.15) is 0 Å². The van der Waals surface area contributed by atoms with E-state index in [2.05, 4.69) is 36.9 Å². The lowest BCUT2D eigenvalue weighted by Gasteiger charge is -2.11. The first-order chi connectivity index (χ1) is 13.1. The van der Waals surface area contributed by atoms with Gasteiger partial charge in [-0.05, 0) is 47.9 Å². The summed E-state index contributed by atoms with van der Waals surface area (Å²) in [7, 11) is 0. The fraction of sp³-hybridized carbons (Fsp3) is 0.105. The smallest absolute Gasteiger partial charge is 0.243 e. The van der Waals surface area contributed by atoms with Crippen molar-refractivity contribution in [3.8, 4) is 11.3 Å². The Kier molecular flexibility index (Phi) is 4.52. The normalized spacial score (nSPS) is 10.9. The number of hydrogen-bond donors (Lipinski definition) is 1. The Morgan fingerprint density at radius 1 is 1.19 bits per heavy atom. The van der Waals surface area contributed by atoms with Crippen LogP contribution in [0.5, 0.6) is 0 Å². The maximum Gasteiger partial charge on any atom is 0.243 e. The van der Waals surface area contributed by atoms with Gasteiger partial charge in [-0.3, -0.25) is 9.97 Å². The molecule has 0 saturated heterocycles. The number of nitrogens with zero attached hydrogens (tertiary/aromatic N) is 6. The Labute approximate surface area is 160 Å². The minimum atomic E-state index is 0.129. The van der Waals surface area contributed by atoms with Crippen LogP contribution in [0.4, 0.5) is 5.82 Å². The second kappa shape index (κ2) is 7.13. The van der Waals surface area contributed by atoms with Crippen molar-refractivity contribution in [1.29, 1.82) is 0 Å². The maximum absolute atomic E-state index is 6.11. The number of imidazole rings is 1. The second-order valence-corrected chi connectivity index (χ2v) is 6.33. The molecule has 0 spiro atoms. The molecule has 0 saturated carbocycles. The standard InChI is InChI=1S/C19H16ClN7/c1-12(2)15-11-24-18-17(25-19(20)26-27(15)18)23-10-14-6-4-8-22-16(14)13-5-3-7-21-9-13/h3-9,11H,1,10H2,2H3,(H,23,25,26). The largest absolute Gasteiger partial charge is 0.363 e. The zero-order valence-corrected chi connectivity index (χ0v) is 15.4. The summed E-state index contributed by atoms with van der Waals surface area (Å²) in [5, 5.41) is 7.65. The highest BCUT2D eigenvalue weighted by atomic mass is 35.5. The minimum absolute atomic E-state index is 0.129. The lowest BCUT2D eigenvalue weighted by atomic mass is 10.1. The van der Waals surface area contributed by atoms with Crippen LogP contribution in [-0.4, -0.2) is 29.5 Å². The minimum Gasteiger partial charge on any atom is -0.363 e. The summed E-state index contributed by atoms with van der Waals surface area (Å²) < 4.78 is 1.64. The molecule has 0 radical (unpaired) electrons. The van der Waals surface area contributed by atoms with E-state index in [4.69, 9.17) is 11.6 Å². The van der Waals surface area contributed by atoms with Crippen LogP contribution < -0.4 is 5.32 Å². The zero-order valence-electron chi connectivity index (χ0n) is 14.6. The number of anilines is 1. The molecule has 134 valence electrons. The third kappa shape index (κ3) is 3.37. The highest BCUT2D eigenvalue weighted by Gasteiger charge is 2.14. The molecule has 4 aromatic heterocycles. The molecule has 7 nitrogen and oxygen atoms in total. The van der Waals surface area contributed by atoms with E-state index in [0.717, 1.165) is 28.1 Å². The van der Waals surface area contributed by atoms with E-state index in [1.807, 2.05) is 31.2 Å². The highest BCUT2D eigenvalue weighted by Crippen LogP contribution is 2.23. The Balaban J connectivity index is 1.68. The molecule has 0 atom stereocenters. The van der Waals surface area contributed by atoms with Crippen molar-refractivity contribution in [2.24, 2.45) is 0 Å². The zero-order chi connectivity index (χ0) is 18.8. The lowest BCUT2D eigenvalue weighted by Crippen LogP contribution is -2.08. The number of aromatic nitrogens is 6. The van der Waals surface area contributed by atoms with Crippen molar-refractivity contribution >= 4 is 28.6 Å². The average molecular weight is 378 g/mol. The van der Waals surface area contributed by atoms with Crippen molar-refractivity contribution < 1.29 is 0 Å². The van der Waals surface area contributed by atoms with Crippen LogP contribution >= 0.6 is 11.6 Å². The van der Waals surface area contributed by atoms with Crippen LogP contribution in [0.1, 0.15) is 18.2 Å². The van der Waals surface area contributed by atoms with Gasteiger partial charge in [0.2, 0.25) is 5.28 Å². The third-order valence-corrected chi connectivity index (χ3v) is 4.21. The molecular formula is C19H16ClN7. The number of rotatable bonds is 5. The van der Waals surface area contributed by atoms with Gasteiger partial charge in [0.25, 0.3) is 0 Å². The van der Waals surface area contributed by atoms with Gasteiger partial charge in [-0.1, -0.05) is 12.6 Å². The van der Waals surface area contributed by atoms with Crippen molar-refractivity contribution in [2.45, 2.75) is 13.5 Å². The molecule has 0 unspecified atom stereocenters. The van der Waals surface area contributed by atoms with Crippen LogP contribution in [-0.2, 0) is 6.54 Å². The average Bonchev–Trinajstić information content (AvgIpc) is 3.11. The fourth-order valence-electron chi connectivity index (χ4n) is 2.79. The molecule has 4 aromatic rings. The number of allylic oxidation sites excluding steroid dienone is 1. The number of hydrogen-bond acceptors (Lipinski definition) is 6. The van der Waals surface area contributed by atoms with E-state index in [-0.39, 0.29) is 5.28 Å². The van der Waals surface area contributed by atoms with Gasteiger partial charge in [0.05, 0.1) is 17.6 Å². The van der Waals surface area contributed by atoms with E-state index < -0.39 is 0 Å². The van der Waals surface area contributed by atoms with Gasteiger partial charge >= 0.3 is 0 Å². The summed E-state index contributed by atoms with van der Waals surface area (Å²) in [6.45, 7) is 6.33. The number of halogens is 1. The summed E-state index contributed by atoms with van der Waals surface area (Å²) in [5.74, 6) is 0.545. The summed E-state index contributed by atoms with van der Waals surface area (Å²) in [4.78, 5) is 17.4. The SMILES string of the molecule is C=C(C)c1cnc2c(NCc3cccnc3-c3cccnc3)nc(Cl)nn12. The van der Waals surface area contributed by atoms with Crippen molar-refractivity contribution in [3.63, 3.8) is 0 Å². The van der Waals surface area contributed by atoms with Gasteiger partial charge in [-0.25, -0.2) is 9.50 Å². The maximum atomic E-state index is 6.11. The molecular weight excluding hydrogens is 362 g/mol. The molecule has 4 heterocycles. The number of pyridine rings is 2.